The lowest BCUT2D eigenvalue weighted by molar-refractivity contribution is -0.137. The molecule has 3 heterocycles. The van der Waals surface area contributed by atoms with Crippen molar-refractivity contribution in [1.82, 2.24) is 25.2 Å². The molecule has 1 atom stereocenters. The van der Waals surface area contributed by atoms with E-state index in [1.807, 2.05) is 30.5 Å². The minimum atomic E-state index is -1.54. The minimum absolute atomic E-state index is 0.0180. The normalized spacial score (nSPS) is 18.1. The number of amides is 4. The van der Waals surface area contributed by atoms with Crippen molar-refractivity contribution in [1.29, 1.82) is 0 Å². The maximum absolute atomic E-state index is 14.4. The maximum atomic E-state index is 14.4. The van der Waals surface area contributed by atoms with Gasteiger partial charge in [0.1, 0.15) is 6.04 Å². The number of ether oxygens (including phenoxy) is 2. The van der Waals surface area contributed by atoms with E-state index in [4.69, 9.17) is 9.47 Å². The predicted molar refractivity (Wildman–Crippen MR) is 166 cm³/mol. The molecule has 1 aromatic heterocycles. The van der Waals surface area contributed by atoms with Gasteiger partial charge in [0.15, 0.2) is 11.6 Å². The van der Waals surface area contributed by atoms with Crippen LogP contribution in [0.3, 0.4) is 0 Å². The highest BCUT2D eigenvalue weighted by Gasteiger charge is 2.44. The fourth-order valence-electron chi connectivity index (χ4n) is 6.44. The van der Waals surface area contributed by atoms with E-state index in [2.05, 4.69) is 33.4 Å². The number of urea groups is 2. The summed E-state index contributed by atoms with van der Waals surface area (Å²) in [6, 6.07) is 13.5. The van der Waals surface area contributed by atoms with Crippen LogP contribution < -0.4 is 5.32 Å². The number of likely N-dealkylation sites (tertiary alicyclic amines) is 1. The van der Waals surface area contributed by atoms with Gasteiger partial charge in [-0.3, -0.25) is 10.2 Å². The first kappa shape index (κ1) is 33.6. The second kappa shape index (κ2) is 14.8. The Morgan fingerprint density at radius 3 is 2.40 bits per heavy atom. The van der Waals surface area contributed by atoms with E-state index in [0.29, 0.717) is 22.9 Å². The summed E-state index contributed by atoms with van der Waals surface area (Å²) in [4.78, 5) is 47.0. The number of carbonyl (C=O) groups excluding carboxylic acids is 3. The number of piperidine rings is 1. The van der Waals surface area contributed by atoms with Crippen LogP contribution >= 0.6 is 0 Å². The molecule has 0 spiro atoms. The number of methoxy groups -OCH3 is 2. The van der Waals surface area contributed by atoms with E-state index in [0.717, 1.165) is 56.8 Å². The third kappa shape index (κ3) is 7.02. The first-order chi connectivity index (χ1) is 22.7. The van der Waals surface area contributed by atoms with Crippen LogP contribution in [-0.2, 0) is 19.7 Å². The molecule has 3 aromatic rings. The van der Waals surface area contributed by atoms with Crippen molar-refractivity contribution in [2.75, 3.05) is 47.0 Å². The molecule has 0 radical (unpaired) electrons. The van der Waals surface area contributed by atoms with E-state index in [-0.39, 0.29) is 35.4 Å². The van der Waals surface area contributed by atoms with Gasteiger partial charge >= 0.3 is 18.0 Å². The predicted octanol–water partition coefficient (Wildman–Crippen LogP) is 4.78. The van der Waals surface area contributed by atoms with Crippen molar-refractivity contribution < 1.29 is 37.8 Å². The molecule has 5 rings (SSSR count). The van der Waals surface area contributed by atoms with Crippen LogP contribution in [0, 0.1) is 11.6 Å². The molecular formula is C34H37F2N5O6. The number of imide groups is 1. The van der Waals surface area contributed by atoms with Crippen molar-refractivity contribution in [3.05, 3.63) is 113 Å². The molecule has 0 bridgehead atoms. The highest BCUT2D eigenvalue weighted by Crippen LogP contribution is 2.41. The van der Waals surface area contributed by atoms with Crippen LogP contribution in [0.1, 0.15) is 42.0 Å². The van der Waals surface area contributed by atoms with Gasteiger partial charge < -0.3 is 19.7 Å². The molecule has 1 saturated heterocycles. The summed E-state index contributed by atoms with van der Waals surface area (Å²) >= 11 is 0. The summed E-state index contributed by atoms with van der Waals surface area (Å²) in [6.45, 7) is 1.71. The molecule has 47 heavy (non-hydrogen) atoms. The molecule has 4 amide bonds. The fraction of sp³-hybridized carbons (Fsp3) is 0.353. The molecule has 1 fully saturated rings. The number of hydrogen-bond acceptors (Lipinski definition) is 8. The van der Waals surface area contributed by atoms with Gasteiger partial charge in [-0.25, -0.2) is 33.1 Å². The monoisotopic (exact) mass is 649 g/mol. The number of benzene rings is 2. The zero-order valence-electron chi connectivity index (χ0n) is 26.2. The molecule has 2 aromatic carbocycles. The Morgan fingerprint density at radius 2 is 1.77 bits per heavy atom. The Morgan fingerprint density at radius 1 is 1.04 bits per heavy atom. The molecular weight excluding hydrogens is 612 g/mol. The van der Waals surface area contributed by atoms with E-state index < -0.39 is 35.7 Å². The lowest BCUT2D eigenvalue weighted by atomic mass is 9.68. The van der Waals surface area contributed by atoms with Crippen LogP contribution in [0.15, 0.2) is 84.3 Å². The summed E-state index contributed by atoms with van der Waals surface area (Å²) < 4.78 is 38.2. The zero-order valence-corrected chi connectivity index (χ0v) is 26.2. The van der Waals surface area contributed by atoms with Gasteiger partial charge in [0.25, 0.3) is 0 Å². The first-order valence-electron chi connectivity index (χ1n) is 15.2. The highest BCUT2D eigenvalue weighted by atomic mass is 19.2. The van der Waals surface area contributed by atoms with Crippen molar-refractivity contribution in [2.24, 2.45) is 0 Å². The number of nitrogens with zero attached hydrogens (tertiary/aromatic N) is 4. The molecule has 248 valence electrons. The van der Waals surface area contributed by atoms with Gasteiger partial charge in [0.05, 0.1) is 31.5 Å². The van der Waals surface area contributed by atoms with Crippen LogP contribution in [0.4, 0.5) is 18.4 Å². The topological polar surface area (TPSA) is 125 Å². The fourth-order valence-corrected chi connectivity index (χ4v) is 6.44. The van der Waals surface area contributed by atoms with Crippen LogP contribution in [0.2, 0.25) is 0 Å². The average molecular weight is 650 g/mol. The summed E-state index contributed by atoms with van der Waals surface area (Å²) in [5.41, 5.74) is 1.86. The lowest BCUT2D eigenvalue weighted by Gasteiger charge is -2.43. The molecule has 2 aliphatic rings. The Kier molecular flexibility index (Phi) is 10.6. The van der Waals surface area contributed by atoms with Gasteiger partial charge in [0.2, 0.25) is 0 Å². The number of hydroxylamine groups is 2. The number of esters is 1. The lowest BCUT2D eigenvalue weighted by Crippen LogP contribution is -2.55. The largest absolute Gasteiger partial charge is 0.466 e. The summed E-state index contributed by atoms with van der Waals surface area (Å²) in [5.74, 6) is -3.34. The molecule has 0 saturated carbocycles. The van der Waals surface area contributed by atoms with Gasteiger partial charge in [-0.1, -0.05) is 42.5 Å². The van der Waals surface area contributed by atoms with E-state index in [9.17, 15) is 28.4 Å². The Labute approximate surface area is 271 Å². The molecule has 1 unspecified atom stereocenters. The third-order valence-corrected chi connectivity index (χ3v) is 8.81. The average Bonchev–Trinajstić information content (AvgIpc) is 3.10. The van der Waals surface area contributed by atoms with E-state index in [1.54, 1.807) is 6.20 Å². The first-order valence-corrected chi connectivity index (χ1v) is 15.2. The molecule has 11 nitrogen and oxygen atoms in total. The van der Waals surface area contributed by atoms with Crippen LogP contribution in [0.5, 0.6) is 0 Å². The van der Waals surface area contributed by atoms with Crippen LogP contribution in [0.25, 0.3) is 0 Å². The standard InChI is InChI=1S/C34H37F2N5O6/c1-46-22-28-29(31(42)47-2)30(23-11-12-26(35)27(36)20-23)41(32(43)38-28)33(44)40(45)17-7-16-39-18-13-34(14-19-39,24-8-4-3-5-9-24)25-10-6-15-37-21-25/h3-6,8-12,15,20-21,30,45H,7,13-14,16-19,22H2,1-2H3,(H,38,43). The number of halogens is 2. The van der Waals surface area contributed by atoms with Crippen molar-refractivity contribution in [3.8, 4) is 0 Å². The second-order valence-corrected chi connectivity index (χ2v) is 11.5. The van der Waals surface area contributed by atoms with Crippen molar-refractivity contribution >= 4 is 18.0 Å². The molecule has 2 N–H and O–H groups in total. The number of carbonyl (C=O) groups is 3. The number of hydrogen-bond donors (Lipinski definition) is 2. The van der Waals surface area contributed by atoms with Gasteiger partial charge in [-0.2, -0.15) is 0 Å². The van der Waals surface area contributed by atoms with Gasteiger partial charge in [-0.15, -0.1) is 0 Å². The summed E-state index contributed by atoms with van der Waals surface area (Å²) in [5, 5.41) is 13.7. The second-order valence-electron chi connectivity index (χ2n) is 11.5. The van der Waals surface area contributed by atoms with Gasteiger partial charge in [0, 0.05) is 24.9 Å². The Balaban J connectivity index is 1.29. The summed E-state index contributed by atoms with van der Waals surface area (Å²) in [6.07, 6.45) is 5.74. The smallest absolute Gasteiger partial charge is 0.352 e. The number of pyridine rings is 1. The number of aromatic nitrogens is 1. The maximum Gasteiger partial charge on any atom is 0.352 e. The third-order valence-electron chi connectivity index (χ3n) is 8.81. The quantitative estimate of drug-likeness (QED) is 0.183. The minimum Gasteiger partial charge on any atom is -0.466 e. The molecule has 0 aliphatic carbocycles. The van der Waals surface area contributed by atoms with Crippen molar-refractivity contribution in [2.45, 2.75) is 30.7 Å². The van der Waals surface area contributed by atoms with E-state index >= 15 is 0 Å². The highest BCUT2D eigenvalue weighted by molar-refractivity contribution is 6.01. The van der Waals surface area contributed by atoms with Crippen LogP contribution in [-0.4, -0.2) is 90.1 Å². The molecule has 2 aliphatic heterocycles. The Hall–Kier alpha value is -4.72. The number of nitrogens with one attached hydrogen (secondary N) is 1. The number of rotatable bonds is 10. The van der Waals surface area contributed by atoms with E-state index in [1.165, 1.54) is 12.7 Å². The zero-order chi connectivity index (χ0) is 33.6. The summed E-state index contributed by atoms with van der Waals surface area (Å²) in [7, 11) is 2.43. The Bertz CT molecular complexity index is 1570. The SMILES string of the molecule is COCC1=C(C(=O)OC)C(c2ccc(F)c(F)c2)N(C(=O)N(O)CCCN2CCC(c3ccccc3)(c3cccnc3)CC2)C(=O)N1. The molecule has 13 heteroatoms. The van der Waals surface area contributed by atoms with Gasteiger partial charge in [-0.05, 0) is 73.8 Å². The van der Waals surface area contributed by atoms with Crippen molar-refractivity contribution in [3.63, 3.8) is 0 Å².